The summed E-state index contributed by atoms with van der Waals surface area (Å²) in [5.74, 6) is 1.08. The summed E-state index contributed by atoms with van der Waals surface area (Å²) >= 11 is 0. The first-order chi connectivity index (χ1) is 16.4. The lowest BCUT2D eigenvalue weighted by Crippen LogP contribution is -2.53. The third-order valence-electron chi connectivity index (χ3n) is 7.91. The van der Waals surface area contributed by atoms with Gasteiger partial charge in [-0.3, -0.25) is 4.90 Å². The van der Waals surface area contributed by atoms with Gasteiger partial charge >= 0.3 is 0 Å². The topological polar surface area (TPSA) is 41.8 Å². The van der Waals surface area contributed by atoms with E-state index in [-0.39, 0.29) is 11.6 Å². The van der Waals surface area contributed by atoms with Crippen LogP contribution in [0.25, 0.3) is 16.9 Å². The summed E-state index contributed by atoms with van der Waals surface area (Å²) < 4.78 is 21.5. The van der Waals surface area contributed by atoms with Crippen LogP contribution in [0.4, 0.5) is 4.39 Å². The maximum atomic E-state index is 14.3. The minimum atomic E-state index is -0.366. The van der Waals surface area contributed by atoms with Gasteiger partial charge in [0, 0.05) is 30.0 Å². The van der Waals surface area contributed by atoms with Crippen LogP contribution in [-0.2, 0) is 0 Å². The van der Waals surface area contributed by atoms with E-state index in [1.54, 1.807) is 6.07 Å². The standard InChI is InChI=1S/C28H37FN4O/c1-18(2)26-15-20(9-12-33(26)23-7-10-30-11-8-23)22-13-19(3)28-31-25(17-32(28)16-22)21-5-6-27(34-4)24(29)14-21/h5-6,13-14,16-18,20,23,26,30H,7-12,15H2,1-4H3/t20?,26-/m1/s1. The lowest BCUT2D eigenvalue weighted by atomic mass is 9.80. The molecule has 1 aromatic carbocycles. The number of benzene rings is 1. The molecule has 2 aliphatic heterocycles. The summed E-state index contributed by atoms with van der Waals surface area (Å²) in [6, 6.07) is 8.70. The molecule has 0 amide bonds. The number of ether oxygens (including phenoxy) is 1. The SMILES string of the molecule is COc1ccc(-c2cn3cc(C4CCN(C5CCNCC5)[C@@H](C(C)C)C4)cc(C)c3n2)cc1F. The Morgan fingerprint density at radius 1 is 1.12 bits per heavy atom. The number of hydrogen-bond donors (Lipinski definition) is 1. The molecule has 0 radical (unpaired) electrons. The fourth-order valence-electron chi connectivity index (χ4n) is 6.05. The summed E-state index contributed by atoms with van der Waals surface area (Å²) in [5.41, 5.74) is 5.04. The van der Waals surface area contributed by atoms with Crippen LogP contribution in [0, 0.1) is 18.7 Å². The van der Waals surface area contributed by atoms with Crippen LogP contribution >= 0.6 is 0 Å². The van der Waals surface area contributed by atoms with Crippen LogP contribution in [-0.4, -0.2) is 53.1 Å². The second-order valence-corrected chi connectivity index (χ2v) is 10.4. The van der Waals surface area contributed by atoms with Gasteiger partial charge in [-0.2, -0.15) is 0 Å². The molecule has 5 nitrogen and oxygen atoms in total. The lowest BCUT2D eigenvalue weighted by Gasteiger charge is -2.47. The molecule has 2 aromatic heterocycles. The van der Waals surface area contributed by atoms with E-state index < -0.39 is 0 Å². The van der Waals surface area contributed by atoms with Crippen LogP contribution in [0.1, 0.15) is 56.6 Å². The largest absolute Gasteiger partial charge is 0.494 e. The highest BCUT2D eigenvalue weighted by Crippen LogP contribution is 2.37. The smallest absolute Gasteiger partial charge is 0.165 e. The first kappa shape index (κ1) is 23.3. The average molecular weight is 465 g/mol. The van der Waals surface area contributed by atoms with E-state index in [1.165, 1.54) is 56.5 Å². The molecule has 0 bridgehead atoms. The minimum Gasteiger partial charge on any atom is -0.494 e. The first-order valence-electron chi connectivity index (χ1n) is 12.7. The molecule has 1 unspecified atom stereocenters. The predicted molar refractivity (Wildman–Crippen MR) is 135 cm³/mol. The molecule has 34 heavy (non-hydrogen) atoms. The Balaban J connectivity index is 1.41. The van der Waals surface area contributed by atoms with E-state index in [0.29, 0.717) is 17.9 Å². The molecule has 0 spiro atoms. The molecular weight excluding hydrogens is 427 g/mol. The van der Waals surface area contributed by atoms with Crippen molar-refractivity contribution < 1.29 is 9.13 Å². The van der Waals surface area contributed by atoms with Crippen LogP contribution in [0.5, 0.6) is 5.75 Å². The second kappa shape index (κ2) is 9.67. The van der Waals surface area contributed by atoms with Gasteiger partial charge in [-0.25, -0.2) is 9.37 Å². The van der Waals surface area contributed by atoms with Crippen LogP contribution in [0.2, 0.25) is 0 Å². The Morgan fingerprint density at radius 2 is 1.91 bits per heavy atom. The fraction of sp³-hybridized carbons (Fsp3) is 0.536. The van der Waals surface area contributed by atoms with Crippen molar-refractivity contribution in [2.75, 3.05) is 26.7 Å². The highest BCUT2D eigenvalue weighted by molar-refractivity contribution is 5.65. The van der Waals surface area contributed by atoms with Crippen LogP contribution in [0.3, 0.4) is 0 Å². The highest BCUT2D eigenvalue weighted by Gasteiger charge is 2.35. The summed E-state index contributed by atoms with van der Waals surface area (Å²) in [5, 5.41) is 3.52. The lowest BCUT2D eigenvalue weighted by molar-refractivity contribution is 0.0430. The number of piperidine rings is 2. The van der Waals surface area contributed by atoms with Gasteiger partial charge in [0.2, 0.25) is 0 Å². The van der Waals surface area contributed by atoms with Crippen molar-refractivity contribution in [2.45, 2.75) is 64.5 Å². The number of aryl methyl sites for hydroxylation is 1. The van der Waals surface area contributed by atoms with Crippen molar-refractivity contribution in [2.24, 2.45) is 5.92 Å². The zero-order valence-electron chi connectivity index (χ0n) is 20.9. The number of imidazole rings is 1. The minimum absolute atomic E-state index is 0.251. The number of pyridine rings is 1. The molecule has 2 saturated heterocycles. The molecule has 2 aliphatic rings. The van der Waals surface area contributed by atoms with Crippen LogP contribution in [0.15, 0.2) is 36.7 Å². The third kappa shape index (κ3) is 4.46. The van der Waals surface area contributed by atoms with Gasteiger partial charge < -0.3 is 14.5 Å². The number of rotatable bonds is 5. The van der Waals surface area contributed by atoms with E-state index in [9.17, 15) is 4.39 Å². The maximum absolute atomic E-state index is 14.3. The average Bonchev–Trinajstić information content (AvgIpc) is 3.29. The Bertz CT molecular complexity index is 1150. The third-order valence-corrected chi connectivity index (χ3v) is 7.91. The van der Waals surface area contributed by atoms with Crippen molar-refractivity contribution >= 4 is 5.65 Å². The van der Waals surface area contributed by atoms with Crippen molar-refractivity contribution in [3.63, 3.8) is 0 Å². The van der Waals surface area contributed by atoms with Crippen molar-refractivity contribution in [1.82, 2.24) is 19.6 Å². The maximum Gasteiger partial charge on any atom is 0.165 e. The summed E-state index contributed by atoms with van der Waals surface area (Å²) in [6.45, 7) is 10.4. The molecular formula is C28H37FN4O. The number of nitrogens with one attached hydrogen (secondary N) is 1. The number of aromatic nitrogens is 2. The van der Waals surface area contributed by atoms with Gasteiger partial charge in [-0.1, -0.05) is 19.9 Å². The van der Waals surface area contributed by atoms with Gasteiger partial charge in [-0.05, 0) is 93.4 Å². The molecule has 0 saturated carbocycles. The molecule has 1 N–H and O–H groups in total. The van der Waals surface area contributed by atoms with Crippen LogP contribution < -0.4 is 10.1 Å². The monoisotopic (exact) mass is 464 g/mol. The van der Waals surface area contributed by atoms with Crippen molar-refractivity contribution in [1.29, 1.82) is 0 Å². The summed E-state index contributed by atoms with van der Waals surface area (Å²) in [6.07, 6.45) is 9.21. The van der Waals surface area contributed by atoms with Gasteiger partial charge in [0.15, 0.2) is 11.6 Å². The normalized spacial score (nSPS) is 22.5. The number of methoxy groups -OCH3 is 1. The Hall–Kier alpha value is -2.44. The molecule has 0 aliphatic carbocycles. The molecule has 2 fully saturated rings. The Morgan fingerprint density at radius 3 is 2.62 bits per heavy atom. The van der Waals surface area contributed by atoms with Gasteiger partial charge in [0.05, 0.1) is 12.8 Å². The molecule has 182 valence electrons. The predicted octanol–water partition coefficient (Wildman–Crippen LogP) is 5.41. The Labute approximate surface area is 202 Å². The zero-order chi connectivity index (χ0) is 23.8. The van der Waals surface area contributed by atoms with Crippen molar-refractivity contribution in [3.05, 3.63) is 53.6 Å². The number of fused-ring (bicyclic) bond motifs is 1. The summed E-state index contributed by atoms with van der Waals surface area (Å²) in [7, 11) is 1.48. The molecule has 2 atom stereocenters. The van der Waals surface area contributed by atoms with E-state index in [2.05, 4.69) is 47.7 Å². The fourth-order valence-corrected chi connectivity index (χ4v) is 6.05. The van der Waals surface area contributed by atoms with Gasteiger partial charge in [0.1, 0.15) is 5.65 Å². The van der Waals surface area contributed by atoms with Gasteiger partial charge in [-0.15, -0.1) is 0 Å². The van der Waals surface area contributed by atoms with Gasteiger partial charge in [0.25, 0.3) is 0 Å². The first-order valence-corrected chi connectivity index (χ1v) is 12.7. The van der Waals surface area contributed by atoms with E-state index >= 15 is 0 Å². The molecule has 3 aromatic rings. The van der Waals surface area contributed by atoms with E-state index in [1.807, 2.05) is 12.3 Å². The zero-order valence-corrected chi connectivity index (χ0v) is 20.9. The highest BCUT2D eigenvalue weighted by atomic mass is 19.1. The quantitative estimate of drug-likeness (QED) is 0.548. The molecule has 6 heteroatoms. The van der Waals surface area contributed by atoms with E-state index in [0.717, 1.165) is 36.0 Å². The second-order valence-electron chi connectivity index (χ2n) is 10.4. The van der Waals surface area contributed by atoms with Crippen molar-refractivity contribution in [3.8, 4) is 17.0 Å². The Kier molecular flexibility index (Phi) is 6.63. The number of hydrogen-bond acceptors (Lipinski definition) is 4. The molecule has 5 rings (SSSR count). The number of likely N-dealkylation sites (tertiary alicyclic amines) is 1. The number of nitrogens with zero attached hydrogens (tertiary/aromatic N) is 3. The summed E-state index contributed by atoms with van der Waals surface area (Å²) in [4.78, 5) is 7.64. The number of halogens is 1. The van der Waals surface area contributed by atoms with E-state index in [4.69, 9.17) is 9.72 Å². The molecule has 4 heterocycles.